The van der Waals surface area contributed by atoms with Gasteiger partial charge in [-0.25, -0.2) is 4.98 Å². The van der Waals surface area contributed by atoms with E-state index in [9.17, 15) is 19.8 Å². The van der Waals surface area contributed by atoms with Gasteiger partial charge in [0.05, 0.1) is 18.3 Å². The number of aliphatic hydroxyl groups is 1. The molecule has 3 heterocycles. The molecule has 1 unspecified atom stereocenters. The van der Waals surface area contributed by atoms with E-state index in [1.165, 1.54) is 17.9 Å². The van der Waals surface area contributed by atoms with Crippen LogP contribution in [0.1, 0.15) is 41.7 Å². The van der Waals surface area contributed by atoms with Gasteiger partial charge in [-0.3, -0.25) is 14.3 Å². The van der Waals surface area contributed by atoms with Crippen LogP contribution >= 0.6 is 0 Å². The van der Waals surface area contributed by atoms with Crippen LogP contribution in [0.2, 0.25) is 0 Å². The Morgan fingerprint density at radius 1 is 1.39 bits per heavy atom. The van der Waals surface area contributed by atoms with E-state index >= 15 is 0 Å². The zero-order chi connectivity index (χ0) is 22.2. The molecule has 9 heteroatoms. The molecule has 9 nitrogen and oxygen atoms in total. The van der Waals surface area contributed by atoms with Crippen LogP contribution < -0.4 is 10.7 Å². The molecule has 1 fully saturated rings. The van der Waals surface area contributed by atoms with Gasteiger partial charge in [0.15, 0.2) is 11.4 Å². The molecule has 3 N–H and O–H groups in total. The monoisotopic (exact) mass is 425 g/mol. The van der Waals surface area contributed by atoms with Crippen molar-refractivity contribution in [2.45, 2.75) is 44.7 Å². The van der Waals surface area contributed by atoms with E-state index in [1.54, 1.807) is 6.20 Å². The van der Waals surface area contributed by atoms with E-state index < -0.39 is 22.6 Å². The Labute approximate surface area is 179 Å². The number of carbonyl (C=O) groups is 1. The number of nitrogens with one attached hydrogen (secondary N) is 1. The summed E-state index contributed by atoms with van der Waals surface area (Å²) in [6, 6.07) is 3.95. The molecule has 0 aromatic carbocycles. The Bertz CT molecular complexity index is 1180. The van der Waals surface area contributed by atoms with Crippen molar-refractivity contribution in [1.29, 1.82) is 0 Å². The number of aryl methyl sites for hydroxylation is 1. The predicted molar refractivity (Wildman–Crippen MR) is 115 cm³/mol. The topological polar surface area (TPSA) is 122 Å². The van der Waals surface area contributed by atoms with Crippen molar-refractivity contribution in [1.82, 2.24) is 24.6 Å². The molecular formula is C22H27N5O4. The van der Waals surface area contributed by atoms with Crippen LogP contribution in [0.15, 0.2) is 35.5 Å². The largest absolute Gasteiger partial charge is 0.503 e. The first-order valence-electron chi connectivity index (χ1n) is 10.5. The number of rotatable bonds is 6. The first-order chi connectivity index (χ1) is 14.9. The average molecular weight is 425 g/mol. The summed E-state index contributed by atoms with van der Waals surface area (Å²) in [5.74, 6) is -0.824. The zero-order valence-corrected chi connectivity index (χ0v) is 17.7. The van der Waals surface area contributed by atoms with Crippen molar-refractivity contribution >= 4 is 16.9 Å². The van der Waals surface area contributed by atoms with Crippen LogP contribution in [0.25, 0.3) is 11.0 Å². The molecule has 1 saturated carbocycles. The maximum absolute atomic E-state index is 12.2. The zero-order valence-electron chi connectivity index (χ0n) is 17.7. The Hall–Kier alpha value is -3.20. The van der Waals surface area contributed by atoms with Crippen LogP contribution in [-0.2, 0) is 12.1 Å². The molecule has 164 valence electrons. The van der Waals surface area contributed by atoms with Gasteiger partial charge in [0.2, 0.25) is 0 Å². The molecule has 1 amide bonds. The highest BCUT2D eigenvalue weighted by molar-refractivity contribution is 5.92. The quantitative estimate of drug-likeness (QED) is 0.551. The van der Waals surface area contributed by atoms with E-state index in [0.29, 0.717) is 18.9 Å². The average Bonchev–Trinajstić information content (AvgIpc) is 3.32. The van der Waals surface area contributed by atoms with Crippen LogP contribution in [0.5, 0.6) is 5.75 Å². The second-order valence-corrected chi connectivity index (χ2v) is 8.37. The number of aromatic nitrogens is 4. The van der Waals surface area contributed by atoms with Gasteiger partial charge in [0.25, 0.3) is 11.3 Å². The normalized spacial score (nSPS) is 20.9. The molecule has 1 aliphatic carbocycles. The van der Waals surface area contributed by atoms with Crippen molar-refractivity contribution in [2.24, 2.45) is 5.92 Å². The molecule has 0 saturated heterocycles. The minimum Gasteiger partial charge on any atom is -0.503 e. The molecule has 31 heavy (non-hydrogen) atoms. The number of aliphatic hydroxyl groups excluding tert-OH is 1. The maximum Gasteiger partial charge on any atom is 0.275 e. The van der Waals surface area contributed by atoms with E-state index in [1.807, 2.05) is 19.1 Å². The summed E-state index contributed by atoms with van der Waals surface area (Å²) < 4.78 is 3.65. The third kappa shape index (κ3) is 3.69. The van der Waals surface area contributed by atoms with Gasteiger partial charge in [0, 0.05) is 31.4 Å². The van der Waals surface area contributed by atoms with Crippen molar-refractivity contribution in [2.75, 3.05) is 13.7 Å². The second kappa shape index (κ2) is 8.14. The SMILES string of the molecule is CNC(=O)c1nn(CC2(n3cc(C)c4cccnc43)CC[C@H](CCO)C2)cc(O)c1=O. The Morgan fingerprint density at radius 3 is 2.94 bits per heavy atom. The van der Waals surface area contributed by atoms with Gasteiger partial charge >= 0.3 is 0 Å². The number of carbonyl (C=O) groups excluding carboxylic acids is 1. The molecule has 4 rings (SSSR count). The third-order valence-electron chi connectivity index (χ3n) is 6.34. The highest BCUT2D eigenvalue weighted by atomic mass is 16.3. The minimum absolute atomic E-state index is 0.127. The summed E-state index contributed by atoms with van der Waals surface area (Å²) in [5.41, 5.74) is 0.415. The van der Waals surface area contributed by atoms with Crippen molar-refractivity contribution in [3.05, 3.63) is 52.2 Å². The van der Waals surface area contributed by atoms with Crippen molar-refractivity contribution in [3.63, 3.8) is 0 Å². The summed E-state index contributed by atoms with van der Waals surface area (Å²) in [7, 11) is 1.41. The molecule has 0 spiro atoms. The number of aromatic hydroxyl groups is 1. The van der Waals surface area contributed by atoms with E-state index in [4.69, 9.17) is 0 Å². The van der Waals surface area contributed by atoms with Crippen LogP contribution in [0.4, 0.5) is 0 Å². The summed E-state index contributed by atoms with van der Waals surface area (Å²) in [6.45, 7) is 2.52. The fraction of sp³-hybridized carbons (Fsp3) is 0.455. The van der Waals surface area contributed by atoms with E-state index in [-0.39, 0.29) is 12.3 Å². The summed E-state index contributed by atoms with van der Waals surface area (Å²) in [6.07, 6.45) is 8.38. The fourth-order valence-electron chi connectivity index (χ4n) is 4.84. The molecule has 0 radical (unpaired) electrons. The molecule has 0 bridgehead atoms. The number of nitrogens with zero attached hydrogens (tertiary/aromatic N) is 4. The number of hydrogen-bond donors (Lipinski definition) is 3. The molecule has 3 aromatic rings. The van der Waals surface area contributed by atoms with Gasteiger partial charge in [0.1, 0.15) is 5.65 Å². The highest BCUT2D eigenvalue weighted by Gasteiger charge is 2.42. The molecule has 3 aromatic heterocycles. The highest BCUT2D eigenvalue weighted by Crippen LogP contribution is 2.45. The van der Waals surface area contributed by atoms with Crippen molar-refractivity contribution < 1.29 is 15.0 Å². The molecular weight excluding hydrogens is 398 g/mol. The van der Waals surface area contributed by atoms with Crippen LogP contribution in [0.3, 0.4) is 0 Å². The van der Waals surface area contributed by atoms with E-state index in [0.717, 1.165) is 35.9 Å². The van der Waals surface area contributed by atoms with Crippen LogP contribution in [0, 0.1) is 12.8 Å². The Morgan fingerprint density at radius 2 is 2.19 bits per heavy atom. The summed E-state index contributed by atoms with van der Waals surface area (Å²) in [4.78, 5) is 28.9. The lowest BCUT2D eigenvalue weighted by Crippen LogP contribution is -2.38. The third-order valence-corrected chi connectivity index (χ3v) is 6.34. The maximum atomic E-state index is 12.2. The molecule has 1 aliphatic rings. The Kier molecular flexibility index (Phi) is 5.53. The van der Waals surface area contributed by atoms with Gasteiger partial charge in [-0.2, -0.15) is 5.10 Å². The second-order valence-electron chi connectivity index (χ2n) is 8.37. The summed E-state index contributed by atoms with van der Waals surface area (Å²) in [5, 5.41) is 27.3. The number of hydrogen-bond acceptors (Lipinski definition) is 6. The number of pyridine rings is 1. The number of amides is 1. The minimum atomic E-state index is -0.793. The number of fused-ring (bicyclic) bond motifs is 1. The molecule has 2 atom stereocenters. The lowest BCUT2D eigenvalue weighted by Gasteiger charge is -2.33. The van der Waals surface area contributed by atoms with Gasteiger partial charge in [-0.1, -0.05) is 0 Å². The van der Waals surface area contributed by atoms with Gasteiger partial charge in [-0.05, 0) is 56.2 Å². The molecule has 0 aliphatic heterocycles. The van der Waals surface area contributed by atoms with Crippen LogP contribution in [-0.4, -0.2) is 49.1 Å². The Balaban J connectivity index is 1.83. The first-order valence-corrected chi connectivity index (χ1v) is 10.5. The van der Waals surface area contributed by atoms with Gasteiger partial charge < -0.3 is 20.1 Å². The smallest absolute Gasteiger partial charge is 0.275 e. The lowest BCUT2D eigenvalue weighted by atomic mass is 9.94. The fourth-order valence-corrected chi connectivity index (χ4v) is 4.84. The predicted octanol–water partition coefficient (Wildman–Crippen LogP) is 1.54. The summed E-state index contributed by atoms with van der Waals surface area (Å²) >= 11 is 0. The first kappa shape index (κ1) is 21.0. The van der Waals surface area contributed by atoms with E-state index in [2.05, 4.69) is 26.2 Å². The van der Waals surface area contributed by atoms with Gasteiger partial charge in [-0.15, -0.1) is 0 Å². The lowest BCUT2D eigenvalue weighted by molar-refractivity contribution is 0.0952. The van der Waals surface area contributed by atoms with Crippen molar-refractivity contribution in [3.8, 4) is 5.75 Å². The standard InChI is InChI=1S/C22H27N5O4/c1-14-11-27(20-16(14)4-3-8-24-20)22(7-5-15(10-22)6-9-28)13-26-12-17(29)19(30)18(25-26)21(31)23-2/h3-4,8,11-12,15,28-29H,5-7,9-10,13H2,1-2H3,(H,23,31)/t15-,22?/m1/s1.